The number of carbonyl (C=O) groups excluding carboxylic acids is 1. The highest BCUT2D eigenvalue weighted by Crippen LogP contribution is 2.34. The summed E-state index contributed by atoms with van der Waals surface area (Å²) in [6, 6.07) is 8.73. The van der Waals surface area contributed by atoms with E-state index in [-0.39, 0.29) is 23.4 Å². The van der Waals surface area contributed by atoms with Gasteiger partial charge < -0.3 is 5.21 Å². The van der Waals surface area contributed by atoms with Gasteiger partial charge in [0.05, 0.1) is 23.3 Å². The van der Waals surface area contributed by atoms with E-state index < -0.39 is 10.0 Å². The van der Waals surface area contributed by atoms with E-state index in [1.54, 1.807) is 37.4 Å². The summed E-state index contributed by atoms with van der Waals surface area (Å²) in [6.07, 6.45) is 3.36. The number of benzene rings is 1. The predicted octanol–water partition coefficient (Wildman–Crippen LogP) is 2.89. The van der Waals surface area contributed by atoms with Crippen LogP contribution in [0.25, 0.3) is 22.2 Å². The lowest BCUT2D eigenvalue weighted by Gasteiger charge is -2.16. The smallest absolute Gasteiger partial charge is 0.283 e. The lowest BCUT2D eigenvalue weighted by atomic mass is 9.98. The third-order valence-electron chi connectivity index (χ3n) is 5.09. The van der Waals surface area contributed by atoms with Crippen LogP contribution in [0.2, 0.25) is 0 Å². The van der Waals surface area contributed by atoms with E-state index in [9.17, 15) is 18.4 Å². The Morgan fingerprint density at radius 1 is 1.24 bits per heavy atom. The molecule has 1 amide bonds. The average Bonchev–Trinajstić information content (AvgIpc) is 3.41. The van der Waals surface area contributed by atoms with E-state index in [0.29, 0.717) is 16.1 Å². The summed E-state index contributed by atoms with van der Waals surface area (Å²) in [5.74, 6) is -0.01000. The minimum atomic E-state index is -3.37. The zero-order chi connectivity index (χ0) is 20.8. The van der Waals surface area contributed by atoms with Gasteiger partial charge in [0.1, 0.15) is 0 Å². The van der Waals surface area contributed by atoms with Crippen molar-refractivity contribution in [2.45, 2.75) is 26.7 Å². The van der Waals surface area contributed by atoms with Gasteiger partial charge >= 0.3 is 0 Å². The molecule has 8 nitrogen and oxygen atoms in total. The molecule has 3 aromatic rings. The molecule has 3 N–H and O–H groups in total. The summed E-state index contributed by atoms with van der Waals surface area (Å²) in [5.41, 5.74) is 3.30. The van der Waals surface area contributed by atoms with E-state index in [0.717, 1.165) is 34.9 Å². The van der Waals surface area contributed by atoms with Crippen molar-refractivity contribution < 1.29 is 17.9 Å². The number of sulfonamides is 1. The Bertz CT molecular complexity index is 1210. The fraction of sp³-hybridized carbons (Fsp3) is 0.300. The Labute approximate surface area is 168 Å². The molecule has 152 valence electrons. The number of rotatable bonds is 6. The molecular formula is C20H22N4O4S. The Balaban J connectivity index is 1.78. The lowest BCUT2D eigenvalue weighted by molar-refractivity contribution is -0.563. The van der Waals surface area contributed by atoms with Gasteiger partial charge in [-0.15, -0.1) is 0 Å². The van der Waals surface area contributed by atoms with Crippen LogP contribution in [0.3, 0.4) is 0 Å². The van der Waals surface area contributed by atoms with Crippen molar-refractivity contribution in [1.29, 1.82) is 0 Å². The minimum absolute atomic E-state index is 0.00991. The zero-order valence-corrected chi connectivity index (χ0v) is 17.0. The van der Waals surface area contributed by atoms with Crippen LogP contribution in [0.4, 0.5) is 11.5 Å². The van der Waals surface area contributed by atoms with Crippen LogP contribution in [-0.4, -0.2) is 25.1 Å². The number of aryl methyl sites for hydroxylation is 1. The highest BCUT2D eigenvalue weighted by atomic mass is 32.2. The summed E-state index contributed by atoms with van der Waals surface area (Å²) < 4.78 is 26.9. The topological polar surface area (TPSA) is 118 Å². The van der Waals surface area contributed by atoms with E-state index in [1.165, 1.54) is 0 Å². The largest absolute Gasteiger partial charge is 0.740 e. The number of nitrogens with one attached hydrogen (secondary N) is 3. The molecular weight excluding hydrogens is 392 g/mol. The molecule has 9 heteroatoms. The third-order valence-corrected chi connectivity index (χ3v) is 6.39. The monoisotopic (exact) mass is 414 g/mol. The van der Waals surface area contributed by atoms with Crippen molar-refractivity contribution in [2.24, 2.45) is 5.92 Å². The van der Waals surface area contributed by atoms with Crippen molar-refractivity contribution in [2.75, 3.05) is 15.8 Å². The molecule has 1 fully saturated rings. The van der Waals surface area contributed by atoms with Crippen LogP contribution >= 0.6 is 0 Å². The number of nitrogens with zero attached hydrogens (tertiary/aromatic N) is 1. The number of carbonyl (C=O) groups is 1. The van der Waals surface area contributed by atoms with Gasteiger partial charge in [-0.25, -0.2) is 18.5 Å². The maximum Gasteiger partial charge on any atom is 0.283 e. The van der Waals surface area contributed by atoms with Crippen molar-refractivity contribution in [3.63, 3.8) is 0 Å². The molecule has 0 atom stereocenters. The fourth-order valence-corrected chi connectivity index (χ4v) is 3.93. The Hall–Kier alpha value is -3.07. The molecule has 0 spiro atoms. The number of aromatic nitrogens is 2. The number of fused-ring (bicyclic) bond motifs is 1. The standard InChI is InChI=1S/C20H22N4O4S/c1-3-29(27,28)23-14-6-7-15(12(2)10-14)17-11-18(22-20(25)13-4-5-13)24(26)19-16(17)8-9-21-19/h6-11,13,21,23H,3-5H2,1-2H3,(H,22,25). The number of pyridine rings is 1. The van der Waals surface area contributed by atoms with Crippen molar-refractivity contribution in [3.8, 4) is 11.1 Å². The van der Waals surface area contributed by atoms with Gasteiger partial charge in [-0.3, -0.25) is 14.5 Å². The quantitative estimate of drug-likeness (QED) is 0.424. The number of amides is 1. The molecule has 0 radical (unpaired) electrons. The molecule has 0 unspecified atom stereocenters. The van der Waals surface area contributed by atoms with Gasteiger partial charge in [0.25, 0.3) is 5.91 Å². The maximum absolute atomic E-state index is 12.7. The number of anilines is 2. The first kappa shape index (κ1) is 19.3. The van der Waals surface area contributed by atoms with E-state index in [4.69, 9.17) is 0 Å². The summed E-state index contributed by atoms with van der Waals surface area (Å²) in [4.78, 5) is 15.1. The normalized spacial score (nSPS) is 14.1. The van der Waals surface area contributed by atoms with Crippen molar-refractivity contribution >= 4 is 38.5 Å². The first-order chi connectivity index (χ1) is 13.8. The molecule has 29 heavy (non-hydrogen) atoms. The predicted molar refractivity (Wildman–Crippen MR) is 112 cm³/mol. The maximum atomic E-state index is 12.7. The average molecular weight is 414 g/mol. The number of hydrogen-bond donors (Lipinski definition) is 3. The lowest BCUT2D eigenvalue weighted by Crippen LogP contribution is -2.34. The second kappa shape index (κ2) is 7.07. The van der Waals surface area contributed by atoms with Crippen LogP contribution in [0, 0.1) is 18.0 Å². The third kappa shape index (κ3) is 3.77. The number of hydrogen-bond acceptors (Lipinski definition) is 4. The molecule has 0 bridgehead atoms. The highest BCUT2D eigenvalue weighted by molar-refractivity contribution is 7.92. The molecule has 0 aliphatic heterocycles. The van der Waals surface area contributed by atoms with Gasteiger partial charge in [-0.05, 0) is 56.0 Å². The molecule has 2 aromatic heterocycles. The Morgan fingerprint density at radius 2 is 2.00 bits per heavy atom. The minimum Gasteiger partial charge on any atom is -0.740 e. The van der Waals surface area contributed by atoms with Crippen LogP contribution in [-0.2, 0) is 14.8 Å². The molecule has 1 aromatic carbocycles. The molecule has 1 aliphatic carbocycles. The van der Waals surface area contributed by atoms with Crippen LogP contribution < -0.4 is 14.8 Å². The van der Waals surface area contributed by atoms with E-state index >= 15 is 0 Å². The first-order valence-electron chi connectivity index (χ1n) is 9.45. The molecule has 2 heterocycles. The molecule has 0 saturated heterocycles. The van der Waals surface area contributed by atoms with Crippen LogP contribution in [0.1, 0.15) is 25.3 Å². The molecule has 1 aliphatic rings. The summed E-state index contributed by atoms with van der Waals surface area (Å²) in [7, 11) is -3.37. The Kier molecular flexibility index (Phi) is 4.70. The fourth-order valence-electron chi connectivity index (χ4n) is 3.30. The summed E-state index contributed by atoms with van der Waals surface area (Å²) in [5, 5.41) is 16.1. The highest BCUT2D eigenvalue weighted by Gasteiger charge is 2.32. The van der Waals surface area contributed by atoms with Crippen molar-refractivity contribution in [1.82, 2.24) is 4.98 Å². The van der Waals surface area contributed by atoms with E-state index in [2.05, 4.69) is 15.0 Å². The zero-order valence-electron chi connectivity index (χ0n) is 16.2. The molecule has 4 rings (SSSR count). The van der Waals surface area contributed by atoms with Crippen LogP contribution in [0.15, 0.2) is 36.5 Å². The molecule has 1 saturated carbocycles. The van der Waals surface area contributed by atoms with Gasteiger partial charge in [0, 0.05) is 17.3 Å². The second-order valence-corrected chi connectivity index (χ2v) is 9.29. The van der Waals surface area contributed by atoms with Crippen LogP contribution in [0.5, 0.6) is 0 Å². The summed E-state index contributed by atoms with van der Waals surface area (Å²) >= 11 is 0. The van der Waals surface area contributed by atoms with Gasteiger partial charge in [0.15, 0.2) is 0 Å². The summed E-state index contributed by atoms with van der Waals surface area (Å²) in [6.45, 7) is 3.45. The second-order valence-electron chi connectivity index (χ2n) is 7.28. The number of aromatic amines is 1. The van der Waals surface area contributed by atoms with Crippen molar-refractivity contribution in [3.05, 3.63) is 47.3 Å². The SMILES string of the molecule is CCS(=O)(=O)Nc1ccc(-c2cc(NC(=O)C3CC3)[n+]([O-])c3[nH]ccc23)c(C)c1. The van der Waals surface area contributed by atoms with Gasteiger partial charge in [0.2, 0.25) is 21.5 Å². The van der Waals surface area contributed by atoms with E-state index in [1.807, 2.05) is 13.0 Å². The first-order valence-corrected chi connectivity index (χ1v) is 11.1. The Morgan fingerprint density at radius 3 is 2.66 bits per heavy atom. The number of H-pyrrole nitrogens is 1. The van der Waals surface area contributed by atoms with Gasteiger partial charge in [-0.2, -0.15) is 0 Å². The van der Waals surface area contributed by atoms with Gasteiger partial charge in [-0.1, -0.05) is 6.07 Å².